The van der Waals surface area contributed by atoms with Crippen molar-refractivity contribution in [2.75, 3.05) is 139 Å². The molecular formula is C101H132Cl2N18O6S6Sn. The summed E-state index contributed by atoms with van der Waals surface area (Å²) in [6.07, 6.45) is 2.24. The van der Waals surface area contributed by atoms with Gasteiger partial charge >= 0.3 is 36.7 Å². The van der Waals surface area contributed by atoms with Gasteiger partial charge in [0, 0.05) is 128 Å². The Hall–Kier alpha value is -11.5. The van der Waals surface area contributed by atoms with E-state index in [0.29, 0.717) is 56.5 Å². The number of nitrogens with two attached hydrogens (primary N) is 1. The minimum atomic E-state index is -0.826. The third-order valence-corrected chi connectivity index (χ3v) is 15.5. The number of para-hydroxylation sites is 12. The van der Waals surface area contributed by atoms with Gasteiger partial charge in [-0.2, -0.15) is 0 Å². The molecule has 0 spiro atoms. The van der Waals surface area contributed by atoms with E-state index in [1.54, 1.807) is 28.4 Å². The van der Waals surface area contributed by atoms with E-state index in [1.165, 1.54) is 0 Å². The SMILES string of the molecule is C=N.C=NCCOC.CC(C)N.CC(C)N=[N+]=[N-].CCCOC.CCCOC.CO.COCCO.S=C(Nc1ccccc1)Nc1ccccc1.S=C(Nc1ccccc1)Nc1ccccc1.S=C(Nc1ccccc1)Nc1ccccc1.S=C(Nc1ccccc1)Nc1ccccc1.S=C(Nc1ccccc1)Nc1ccccc1.S=C(Nc1ccccc1)Nc1ccccc1.[Cl][Sn][Cl]. The van der Waals surface area contributed by atoms with Crippen molar-refractivity contribution in [3.63, 3.8) is 0 Å². The first kappa shape index (κ1) is 127. The van der Waals surface area contributed by atoms with Gasteiger partial charge in [0.25, 0.3) is 0 Å². The van der Waals surface area contributed by atoms with Crippen LogP contribution in [-0.4, -0.2) is 160 Å². The molecule has 0 atom stereocenters. The number of hydrogen-bond donors (Lipinski definition) is 16. The average Bonchev–Trinajstić information content (AvgIpc) is 0.933. The van der Waals surface area contributed by atoms with Gasteiger partial charge in [0.05, 0.1) is 26.4 Å². The third kappa shape index (κ3) is 82.4. The van der Waals surface area contributed by atoms with E-state index in [1.807, 2.05) is 392 Å². The van der Waals surface area contributed by atoms with E-state index in [4.69, 9.17) is 128 Å². The third-order valence-electron chi connectivity index (χ3n) is 14.2. The number of benzene rings is 12. The van der Waals surface area contributed by atoms with Crippen LogP contribution in [0.3, 0.4) is 0 Å². The Labute approximate surface area is 845 Å². The normalized spacial score (nSPS) is 8.94. The maximum atomic E-state index is 7.94. The van der Waals surface area contributed by atoms with Crippen LogP contribution in [0.5, 0.6) is 0 Å². The minimum absolute atomic E-state index is 0.106. The topological polar surface area (TPSA) is 333 Å². The second-order valence-electron chi connectivity index (χ2n) is 26.1. The number of ether oxygens (including phenoxy) is 4. The molecule has 716 valence electrons. The summed E-state index contributed by atoms with van der Waals surface area (Å²) in [5.41, 5.74) is 24.6. The second kappa shape index (κ2) is 94.7. The van der Waals surface area contributed by atoms with Crippen molar-refractivity contribution in [3.05, 3.63) is 374 Å². The summed E-state index contributed by atoms with van der Waals surface area (Å²) in [4.78, 5) is 6.11. The van der Waals surface area contributed by atoms with E-state index < -0.39 is 18.9 Å². The summed E-state index contributed by atoms with van der Waals surface area (Å²) in [6.45, 7) is 21.2. The van der Waals surface area contributed by atoms with E-state index in [9.17, 15) is 0 Å². The van der Waals surface area contributed by atoms with Crippen LogP contribution in [0, 0.1) is 5.41 Å². The first-order valence-corrected chi connectivity index (χ1v) is 51.5. The molecule has 0 aliphatic heterocycles. The first-order valence-electron chi connectivity index (χ1n) is 41.8. The number of aliphatic imine (C=N–C) groups is 1. The molecule has 12 aromatic carbocycles. The summed E-state index contributed by atoms with van der Waals surface area (Å²) < 4.78 is 18.5. The van der Waals surface area contributed by atoms with E-state index >= 15 is 0 Å². The van der Waals surface area contributed by atoms with Crippen molar-refractivity contribution < 1.29 is 29.2 Å². The molecule has 24 nitrogen and oxygen atoms in total. The number of thiocarbonyl (C=S) groups is 6. The van der Waals surface area contributed by atoms with Crippen LogP contribution in [0.1, 0.15) is 54.4 Å². The van der Waals surface area contributed by atoms with Crippen LogP contribution in [0.2, 0.25) is 0 Å². The molecule has 134 heavy (non-hydrogen) atoms. The standard InChI is InChI=1S/6C13H12N2S.C4H9NO.2C4H10O.C3H7N3.C3H9N.C3H8O2.CH3N.CH4O.2ClH.Sn/c6*16-13(14-11-7-3-1-4-8-11)15-12-9-5-2-6-10-12;1-5-3-4-6-2;2*1-3-4-5-2;1-3(2)5-6-4;1-3(2)4;1-5-3-2-4;2*1-2;;;/h6*1-10H,(H2,14,15,16);1,3-4H2,2H3;2*3-4H2,1-2H3;3H,1-2H3;3H,4H2,1-2H3;4H,2-3H2,1H3;2H,1H2;2H,1H3;2*1H;/q;;;;;;;;;;;;;;;;+2/p-2. The molecule has 17 N–H and O–H groups in total. The van der Waals surface area contributed by atoms with Gasteiger partial charge in [0.1, 0.15) is 0 Å². The van der Waals surface area contributed by atoms with Gasteiger partial charge in [-0.1, -0.05) is 265 Å². The average molecular weight is 2080 g/mol. The maximum absolute atomic E-state index is 7.94. The molecule has 0 heterocycles. The number of nitrogens with zero attached hydrogens (tertiary/aromatic N) is 4. The molecule has 33 heteroatoms. The Bertz CT molecular complexity index is 3810. The number of anilines is 12. The number of hydrogen-bond acceptors (Lipinski definition) is 16. The van der Waals surface area contributed by atoms with Crippen molar-refractivity contribution in [3.8, 4) is 0 Å². The number of azide groups is 1. The Morgan fingerprint density at radius 3 is 0.515 bits per heavy atom. The summed E-state index contributed by atoms with van der Waals surface area (Å²) >= 11 is 30.3. The van der Waals surface area contributed by atoms with Gasteiger partial charge in [-0.3, -0.25) is 4.99 Å². The van der Waals surface area contributed by atoms with Crippen molar-refractivity contribution in [1.82, 2.24) is 0 Å². The number of aliphatic hydroxyl groups excluding tert-OH is 2. The predicted molar refractivity (Wildman–Crippen MR) is 605 cm³/mol. The number of methoxy groups -OCH3 is 4. The van der Waals surface area contributed by atoms with Gasteiger partial charge in [-0.25, -0.2) is 0 Å². The van der Waals surface area contributed by atoms with Crippen LogP contribution in [-0.2, 0) is 18.9 Å². The van der Waals surface area contributed by atoms with E-state index in [-0.39, 0.29) is 12.6 Å². The zero-order valence-corrected chi connectivity index (χ0v) is 87.2. The molecule has 2 radical (unpaired) electrons. The molecule has 0 saturated heterocycles. The van der Waals surface area contributed by atoms with Gasteiger partial charge in [-0.15, -0.1) is 0 Å². The predicted octanol–water partition coefficient (Wildman–Crippen LogP) is 25.9. The molecule has 0 aliphatic carbocycles. The number of halogens is 2. The van der Waals surface area contributed by atoms with Gasteiger partial charge in [0.2, 0.25) is 0 Å². The van der Waals surface area contributed by atoms with Crippen LogP contribution in [0.25, 0.3) is 10.4 Å². The molecule has 0 fully saturated rings. The fraction of sp³-hybridized carbons (Fsp3) is 0.208. The fourth-order valence-corrected chi connectivity index (χ4v) is 10.2. The summed E-state index contributed by atoms with van der Waals surface area (Å²) in [7, 11) is 17.5. The number of aliphatic hydroxyl groups is 2. The van der Waals surface area contributed by atoms with Crippen LogP contribution < -0.4 is 69.5 Å². The Kier molecular flexibility index (Phi) is 89.5. The second-order valence-corrected chi connectivity index (χ2v) is 32.8. The molecule has 0 saturated carbocycles. The van der Waals surface area contributed by atoms with Crippen LogP contribution in [0.4, 0.5) is 68.2 Å². The monoisotopic (exact) mass is 2070 g/mol. The van der Waals surface area contributed by atoms with Crippen molar-refractivity contribution in [2.24, 2.45) is 15.8 Å². The molecule has 0 amide bonds. The molecular weight excluding hydrogens is 1940 g/mol. The zero-order valence-electron chi connectivity index (χ0n) is 78.0. The molecule has 0 aliphatic rings. The van der Waals surface area contributed by atoms with Crippen molar-refractivity contribution in [1.29, 1.82) is 5.41 Å². The zero-order chi connectivity index (χ0) is 99.8. The Morgan fingerprint density at radius 1 is 0.336 bits per heavy atom. The van der Waals surface area contributed by atoms with Crippen LogP contribution >= 0.6 is 91.1 Å². The molecule has 0 bridgehead atoms. The number of rotatable bonds is 22. The molecule has 12 rings (SSSR count). The van der Waals surface area contributed by atoms with Crippen molar-refractivity contribution >= 4 is 222 Å². The van der Waals surface area contributed by atoms with Gasteiger partial charge < -0.3 is 104 Å². The fourth-order valence-electron chi connectivity index (χ4n) is 8.78. The number of nitrogens with one attached hydrogen (secondary N) is 13. The molecule has 0 unspecified atom stereocenters. The van der Waals surface area contributed by atoms with E-state index in [0.717, 1.165) is 101 Å². The Balaban J connectivity index is -0.00000143. The summed E-state index contributed by atoms with van der Waals surface area (Å²) in [5.74, 6) is 0. The van der Waals surface area contributed by atoms with Crippen LogP contribution in [0.15, 0.2) is 374 Å². The Morgan fingerprint density at radius 2 is 0.463 bits per heavy atom. The summed E-state index contributed by atoms with van der Waals surface area (Å²) in [6, 6.07) is 119. The van der Waals surface area contributed by atoms with Gasteiger partial charge in [0.15, 0.2) is 30.7 Å². The summed E-state index contributed by atoms with van der Waals surface area (Å²) in [5, 5.41) is 64.6. The van der Waals surface area contributed by atoms with Crippen molar-refractivity contribution in [2.45, 2.75) is 66.5 Å². The quantitative estimate of drug-likeness (QED) is 0.00570. The molecule has 12 aromatic rings. The first-order chi connectivity index (χ1) is 65.1. The molecule has 0 aromatic heterocycles. The van der Waals surface area contributed by atoms with Gasteiger partial charge in [-0.05, 0) is 257 Å². The van der Waals surface area contributed by atoms with E-state index in [2.05, 4.69) is 116 Å².